The molecule has 1 amide bonds. The molecule has 2 rings (SSSR count). The van der Waals surface area contributed by atoms with Crippen molar-refractivity contribution >= 4 is 5.91 Å². The smallest absolute Gasteiger partial charge is 0.237 e. The molecule has 5 nitrogen and oxygen atoms in total. The number of carbonyl (C=O) groups is 1. The molecule has 1 aromatic heterocycles. The minimum atomic E-state index is -0.0276. The zero-order valence-corrected chi connectivity index (χ0v) is 10.4. The van der Waals surface area contributed by atoms with Gasteiger partial charge in [0.25, 0.3) is 0 Å². The molecule has 17 heavy (non-hydrogen) atoms. The lowest BCUT2D eigenvalue weighted by molar-refractivity contribution is -0.124. The molecule has 0 aliphatic carbocycles. The minimum Gasteiger partial charge on any atom is -0.350 e. The van der Waals surface area contributed by atoms with Gasteiger partial charge >= 0.3 is 0 Å². The van der Waals surface area contributed by atoms with Crippen LogP contribution in [0.1, 0.15) is 20.3 Å². The summed E-state index contributed by atoms with van der Waals surface area (Å²) in [6, 6.07) is 0.0894. The fraction of sp³-hybridized carbons (Fsp3) is 0.667. The molecule has 1 fully saturated rings. The van der Waals surface area contributed by atoms with Crippen LogP contribution in [0.2, 0.25) is 0 Å². The van der Waals surface area contributed by atoms with Gasteiger partial charge in [-0.1, -0.05) is 6.92 Å². The second kappa shape index (κ2) is 5.31. The SMILES string of the molecule is CC(Cn1ccnc1)NC(=O)C1NCCC1C. The van der Waals surface area contributed by atoms with Gasteiger partial charge in [0.05, 0.1) is 12.4 Å². The van der Waals surface area contributed by atoms with Crippen LogP contribution in [0.25, 0.3) is 0 Å². The van der Waals surface area contributed by atoms with E-state index in [0.717, 1.165) is 19.5 Å². The highest BCUT2D eigenvalue weighted by atomic mass is 16.2. The number of carbonyl (C=O) groups excluding carboxylic acids is 1. The first-order chi connectivity index (χ1) is 8.16. The van der Waals surface area contributed by atoms with E-state index in [9.17, 15) is 4.79 Å². The molecule has 94 valence electrons. The molecule has 1 saturated heterocycles. The molecule has 1 aliphatic rings. The highest BCUT2D eigenvalue weighted by molar-refractivity contribution is 5.82. The third-order valence-corrected chi connectivity index (χ3v) is 3.25. The van der Waals surface area contributed by atoms with E-state index in [1.165, 1.54) is 0 Å². The van der Waals surface area contributed by atoms with Gasteiger partial charge in [-0.15, -0.1) is 0 Å². The van der Waals surface area contributed by atoms with Gasteiger partial charge < -0.3 is 15.2 Å². The first-order valence-corrected chi connectivity index (χ1v) is 6.16. The van der Waals surface area contributed by atoms with Crippen LogP contribution in [0.4, 0.5) is 0 Å². The molecule has 0 bridgehead atoms. The van der Waals surface area contributed by atoms with E-state index in [1.54, 1.807) is 12.5 Å². The van der Waals surface area contributed by atoms with Gasteiger partial charge in [-0.2, -0.15) is 0 Å². The average Bonchev–Trinajstić information content (AvgIpc) is 2.88. The summed E-state index contributed by atoms with van der Waals surface area (Å²) in [7, 11) is 0. The summed E-state index contributed by atoms with van der Waals surface area (Å²) in [4.78, 5) is 16.0. The van der Waals surface area contributed by atoms with Gasteiger partial charge in [0.1, 0.15) is 0 Å². The van der Waals surface area contributed by atoms with Gasteiger partial charge in [-0.05, 0) is 25.8 Å². The van der Waals surface area contributed by atoms with Crippen molar-refractivity contribution < 1.29 is 4.79 Å². The first-order valence-electron chi connectivity index (χ1n) is 6.16. The molecule has 0 radical (unpaired) electrons. The maximum atomic E-state index is 12.0. The summed E-state index contributed by atoms with van der Waals surface area (Å²) < 4.78 is 1.97. The largest absolute Gasteiger partial charge is 0.350 e. The van der Waals surface area contributed by atoms with Crippen molar-refractivity contribution in [2.45, 2.75) is 38.9 Å². The third kappa shape index (κ3) is 3.06. The Balaban J connectivity index is 1.82. The van der Waals surface area contributed by atoms with Crippen molar-refractivity contribution in [2.75, 3.05) is 6.54 Å². The summed E-state index contributed by atoms with van der Waals surface area (Å²) in [6.07, 6.45) is 6.49. The van der Waals surface area contributed by atoms with E-state index in [2.05, 4.69) is 22.5 Å². The van der Waals surface area contributed by atoms with Crippen molar-refractivity contribution in [3.05, 3.63) is 18.7 Å². The number of aromatic nitrogens is 2. The van der Waals surface area contributed by atoms with Crippen molar-refractivity contribution in [3.63, 3.8) is 0 Å². The van der Waals surface area contributed by atoms with Gasteiger partial charge in [0.2, 0.25) is 5.91 Å². The van der Waals surface area contributed by atoms with E-state index >= 15 is 0 Å². The Morgan fingerprint density at radius 3 is 3.12 bits per heavy atom. The van der Waals surface area contributed by atoms with E-state index < -0.39 is 0 Å². The van der Waals surface area contributed by atoms with Gasteiger partial charge in [-0.25, -0.2) is 4.98 Å². The minimum absolute atomic E-state index is 0.0276. The molecular weight excluding hydrogens is 216 g/mol. The molecule has 5 heteroatoms. The molecule has 3 unspecified atom stereocenters. The summed E-state index contributed by atoms with van der Waals surface area (Å²) in [5.74, 6) is 0.540. The lowest BCUT2D eigenvalue weighted by Gasteiger charge is -2.20. The Morgan fingerprint density at radius 2 is 2.53 bits per heavy atom. The monoisotopic (exact) mass is 236 g/mol. The Hall–Kier alpha value is -1.36. The quantitative estimate of drug-likeness (QED) is 0.795. The van der Waals surface area contributed by atoms with Crippen molar-refractivity contribution in [1.29, 1.82) is 0 Å². The topological polar surface area (TPSA) is 59.0 Å². The number of amides is 1. The fourth-order valence-corrected chi connectivity index (χ4v) is 2.27. The van der Waals surface area contributed by atoms with Crippen molar-refractivity contribution in [2.24, 2.45) is 5.92 Å². The summed E-state index contributed by atoms with van der Waals surface area (Å²) in [5.41, 5.74) is 0. The Labute approximate surface area is 102 Å². The number of hydrogen-bond donors (Lipinski definition) is 2. The van der Waals surface area contributed by atoms with Gasteiger partial charge in [-0.3, -0.25) is 4.79 Å². The van der Waals surface area contributed by atoms with Crippen molar-refractivity contribution in [1.82, 2.24) is 20.2 Å². The van der Waals surface area contributed by atoms with E-state index in [0.29, 0.717) is 5.92 Å². The molecular formula is C12H20N4O. The van der Waals surface area contributed by atoms with Crippen LogP contribution >= 0.6 is 0 Å². The zero-order chi connectivity index (χ0) is 12.3. The maximum Gasteiger partial charge on any atom is 0.237 e. The van der Waals surface area contributed by atoms with E-state index in [-0.39, 0.29) is 18.0 Å². The zero-order valence-electron chi connectivity index (χ0n) is 10.4. The predicted octanol–water partition coefficient (Wildman–Crippen LogP) is 0.386. The van der Waals surface area contributed by atoms with Crippen LogP contribution in [0, 0.1) is 5.92 Å². The fourth-order valence-electron chi connectivity index (χ4n) is 2.27. The number of nitrogens with zero attached hydrogens (tertiary/aromatic N) is 2. The molecule has 2 N–H and O–H groups in total. The Kier molecular flexibility index (Phi) is 3.78. The molecule has 3 atom stereocenters. The lowest BCUT2D eigenvalue weighted by Crippen LogP contribution is -2.47. The van der Waals surface area contributed by atoms with Crippen LogP contribution in [0.5, 0.6) is 0 Å². The predicted molar refractivity (Wildman–Crippen MR) is 65.4 cm³/mol. The molecule has 1 aliphatic heterocycles. The van der Waals surface area contributed by atoms with Gasteiger partial charge in [0, 0.05) is 25.0 Å². The number of rotatable bonds is 4. The van der Waals surface area contributed by atoms with E-state index in [1.807, 2.05) is 17.7 Å². The van der Waals surface area contributed by atoms with Crippen LogP contribution in [-0.4, -0.2) is 34.1 Å². The molecule has 0 aromatic carbocycles. The molecule has 0 saturated carbocycles. The first kappa shape index (κ1) is 12.1. The van der Waals surface area contributed by atoms with Crippen LogP contribution in [0.15, 0.2) is 18.7 Å². The molecule has 2 heterocycles. The highest BCUT2D eigenvalue weighted by Crippen LogP contribution is 2.14. The normalized spacial score (nSPS) is 25.8. The van der Waals surface area contributed by atoms with Crippen LogP contribution in [0.3, 0.4) is 0 Å². The second-order valence-corrected chi connectivity index (χ2v) is 4.87. The van der Waals surface area contributed by atoms with Crippen molar-refractivity contribution in [3.8, 4) is 0 Å². The standard InChI is InChI=1S/C12H20N4O/c1-9-3-4-14-11(9)12(17)15-10(2)7-16-6-5-13-8-16/h5-6,8-11,14H,3-4,7H2,1-2H3,(H,15,17). The number of nitrogens with one attached hydrogen (secondary N) is 2. The van der Waals surface area contributed by atoms with E-state index in [4.69, 9.17) is 0 Å². The second-order valence-electron chi connectivity index (χ2n) is 4.87. The third-order valence-electron chi connectivity index (χ3n) is 3.25. The summed E-state index contributed by atoms with van der Waals surface area (Å²) in [6.45, 7) is 5.82. The summed E-state index contributed by atoms with van der Waals surface area (Å²) in [5, 5.41) is 6.28. The highest BCUT2D eigenvalue weighted by Gasteiger charge is 2.29. The van der Waals surface area contributed by atoms with Crippen LogP contribution < -0.4 is 10.6 Å². The molecule has 1 aromatic rings. The average molecular weight is 236 g/mol. The lowest BCUT2D eigenvalue weighted by atomic mass is 10.0. The Morgan fingerprint density at radius 1 is 1.71 bits per heavy atom. The molecule has 0 spiro atoms. The Bertz CT molecular complexity index is 363. The van der Waals surface area contributed by atoms with Crippen LogP contribution in [-0.2, 0) is 11.3 Å². The van der Waals surface area contributed by atoms with Gasteiger partial charge in [0.15, 0.2) is 0 Å². The number of hydrogen-bond acceptors (Lipinski definition) is 3. The summed E-state index contributed by atoms with van der Waals surface area (Å²) >= 11 is 0. The maximum absolute atomic E-state index is 12.0. The number of imidazole rings is 1.